The fourth-order valence-corrected chi connectivity index (χ4v) is 4.34. The maximum atomic E-state index is 4.43. The summed E-state index contributed by atoms with van der Waals surface area (Å²) in [5.41, 5.74) is 0. The summed E-state index contributed by atoms with van der Waals surface area (Å²) in [6.07, 6.45) is 0. The fraction of sp³-hybridized carbons (Fsp3) is 0.250. The van der Waals surface area contributed by atoms with Gasteiger partial charge in [0.15, 0.2) is 30.9 Å². The molecule has 0 N–H and O–H groups in total. The van der Waals surface area contributed by atoms with Gasteiger partial charge in [-0.05, 0) is 56.1 Å². The van der Waals surface area contributed by atoms with Crippen LogP contribution in [0.4, 0.5) is 0 Å². The third kappa shape index (κ3) is 3.44. The van der Waals surface area contributed by atoms with Crippen LogP contribution in [0.25, 0.3) is 0 Å². The zero-order valence-electron chi connectivity index (χ0n) is 12.7. The van der Waals surface area contributed by atoms with Crippen LogP contribution in [-0.2, 0) is 0 Å². The Hall–Kier alpha value is -1.92. The van der Waals surface area contributed by atoms with Gasteiger partial charge in [0, 0.05) is 0 Å². The van der Waals surface area contributed by atoms with E-state index in [1.165, 1.54) is 35.3 Å². The molecule has 9 nitrogen and oxygen atoms in total. The van der Waals surface area contributed by atoms with Crippen LogP contribution < -0.4 is 0 Å². The van der Waals surface area contributed by atoms with Crippen molar-refractivity contribution in [2.45, 2.75) is 51.7 Å². The average Bonchev–Trinajstić information content (AvgIpc) is 2.44. The van der Waals surface area contributed by atoms with Gasteiger partial charge in [-0.25, -0.2) is 29.9 Å². The van der Waals surface area contributed by atoms with Gasteiger partial charge in [0.25, 0.3) is 0 Å². The summed E-state index contributed by atoms with van der Waals surface area (Å²) >= 11 is 3.81. The maximum Gasteiger partial charge on any atom is 0.199 e. The predicted octanol–water partition coefficient (Wildman–Crippen LogP) is 1.93. The minimum atomic E-state index is 0.526. The van der Waals surface area contributed by atoms with Crippen molar-refractivity contribution >= 4 is 35.3 Å². The molecule has 12 heteroatoms. The quantitative estimate of drug-likeness (QED) is 0.447. The Bertz CT molecular complexity index is 766. The molecule has 0 aliphatic carbocycles. The summed E-state index contributed by atoms with van der Waals surface area (Å²) in [5, 5.41) is 3.16. The Morgan fingerprint density at radius 2 is 0.583 bits per heavy atom. The molecule has 0 amide bonds. The van der Waals surface area contributed by atoms with Crippen LogP contribution in [0.1, 0.15) is 17.5 Å². The third-order valence-electron chi connectivity index (χ3n) is 2.67. The number of aromatic nitrogens is 9. The zero-order chi connectivity index (χ0) is 16.7. The Kier molecular flexibility index (Phi) is 4.02. The van der Waals surface area contributed by atoms with Crippen LogP contribution in [0.5, 0.6) is 0 Å². The van der Waals surface area contributed by atoms with Crippen molar-refractivity contribution in [3.8, 4) is 0 Å². The second-order valence-electron chi connectivity index (χ2n) is 4.65. The van der Waals surface area contributed by atoms with E-state index in [0.29, 0.717) is 48.4 Å². The number of fused-ring (bicyclic) bond motifs is 6. The van der Waals surface area contributed by atoms with E-state index in [1.807, 2.05) is 20.8 Å². The van der Waals surface area contributed by atoms with Gasteiger partial charge in [-0.3, -0.25) is 0 Å². The number of rotatable bonds is 0. The summed E-state index contributed by atoms with van der Waals surface area (Å²) in [7, 11) is 0. The summed E-state index contributed by atoms with van der Waals surface area (Å²) in [5.74, 6) is 1.83. The van der Waals surface area contributed by atoms with Crippen molar-refractivity contribution in [1.82, 2.24) is 44.9 Å². The smallest absolute Gasteiger partial charge is 0.199 e. The lowest BCUT2D eigenvalue weighted by atomic mass is 10.7. The van der Waals surface area contributed by atoms with E-state index in [1.54, 1.807) is 0 Å². The van der Waals surface area contributed by atoms with E-state index in [0.717, 1.165) is 0 Å². The van der Waals surface area contributed by atoms with Gasteiger partial charge in [0.1, 0.15) is 17.5 Å². The van der Waals surface area contributed by atoms with E-state index < -0.39 is 0 Å². The van der Waals surface area contributed by atoms with E-state index in [4.69, 9.17) is 0 Å². The highest BCUT2D eigenvalue weighted by molar-refractivity contribution is 8.00. The largest absolute Gasteiger partial charge is 0.207 e. The molecular formula is C12H9N9S3. The monoisotopic (exact) mass is 375 g/mol. The van der Waals surface area contributed by atoms with Gasteiger partial charge in [-0.15, -0.1) is 0 Å². The molecular weight excluding hydrogens is 366 g/mol. The zero-order valence-corrected chi connectivity index (χ0v) is 15.2. The summed E-state index contributed by atoms with van der Waals surface area (Å²) < 4.78 is 0. The third-order valence-corrected chi connectivity index (χ3v) is 4.86. The molecule has 0 saturated carbocycles. The van der Waals surface area contributed by atoms with Crippen molar-refractivity contribution in [1.29, 1.82) is 0 Å². The first-order valence-electron chi connectivity index (χ1n) is 6.75. The summed E-state index contributed by atoms with van der Waals surface area (Å²) in [6, 6.07) is 0. The molecule has 0 aromatic carbocycles. The Morgan fingerprint density at radius 1 is 0.375 bits per heavy atom. The van der Waals surface area contributed by atoms with Crippen molar-refractivity contribution in [2.24, 2.45) is 0 Å². The summed E-state index contributed by atoms with van der Waals surface area (Å²) in [6.45, 7) is 5.43. The van der Waals surface area contributed by atoms with E-state index in [-0.39, 0.29) is 0 Å². The molecule has 0 radical (unpaired) electrons. The standard InChI is InChI=1S/C12H9N9S3/c1-4-13-7-19-8(14-4)23-10-16-6(3)18-12(21-10)24-11-17-5(2)15-9(20-11)22-7/h1-3H3. The first-order chi connectivity index (χ1) is 11.5. The van der Waals surface area contributed by atoms with Crippen LogP contribution in [0, 0.1) is 20.8 Å². The van der Waals surface area contributed by atoms with Crippen molar-refractivity contribution < 1.29 is 0 Å². The van der Waals surface area contributed by atoms with Crippen LogP contribution in [-0.4, -0.2) is 44.9 Å². The lowest BCUT2D eigenvalue weighted by Gasteiger charge is -2.08. The molecule has 4 rings (SSSR count). The maximum absolute atomic E-state index is 4.43. The first-order valence-corrected chi connectivity index (χ1v) is 9.20. The van der Waals surface area contributed by atoms with E-state index >= 15 is 0 Å². The molecule has 3 aromatic heterocycles. The molecule has 6 bridgehead atoms. The molecule has 0 fully saturated rings. The second-order valence-corrected chi connectivity index (χ2v) is 7.45. The highest BCUT2D eigenvalue weighted by Gasteiger charge is 2.16. The second kappa shape index (κ2) is 6.18. The molecule has 0 saturated heterocycles. The average molecular weight is 375 g/mol. The Morgan fingerprint density at radius 3 is 0.792 bits per heavy atom. The van der Waals surface area contributed by atoms with Crippen LogP contribution in [0.15, 0.2) is 30.9 Å². The lowest BCUT2D eigenvalue weighted by Crippen LogP contribution is -2.04. The number of aryl methyl sites for hydroxylation is 3. The lowest BCUT2D eigenvalue weighted by molar-refractivity contribution is 0.723. The highest BCUT2D eigenvalue weighted by Crippen LogP contribution is 2.30. The number of hydrogen-bond acceptors (Lipinski definition) is 12. The summed E-state index contributed by atoms with van der Waals surface area (Å²) in [4.78, 5) is 39.3. The van der Waals surface area contributed by atoms with Crippen molar-refractivity contribution in [3.05, 3.63) is 17.5 Å². The molecule has 0 unspecified atom stereocenters. The van der Waals surface area contributed by atoms with Crippen LogP contribution in [0.2, 0.25) is 0 Å². The van der Waals surface area contributed by atoms with E-state index in [9.17, 15) is 0 Å². The normalized spacial score (nSPS) is 13.1. The molecule has 24 heavy (non-hydrogen) atoms. The number of nitrogens with zero attached hydrogens (tertiary/aromatic N) is 9. The molecule has 4 heterocycles. The molecule has 1 aliphatic rings. The fourth-order valence-electron chi connectivity index (χ4n) is 1.82. The van der Waals surface area contributed by atoms with Crippen molar-refractivity contribution in [3.63, 3.8) is 0 Å². The highest BCUT2D eigenvalue weighted by atomic mass is 32.2. The SMILES string of the molecule is Cc1nc2nc(n1)Sc1nc(C)nc(n1)Sc1nc(C)nc(n1)S2. The Balaban J connectivity index is 1.92. The van der Waals surface area contributed by atoms with Gasteiger partial charge in [-0.2, -0.15) is 15.0 Å². The predicted molar refractivity (Wildman–Crippen MR) is 86.1 cm³/mol. The van der Waals surface area contributed by atoms with Crippen LogP contribution in [0.3, 0.4) is 0 Å². The van der Waals surface area contributed by atoms with E-state index in [2.05, 4.69) is 44.9 Å². The van der Waals surface area contributed by atoms with Gasteiger partial charge in [0.05, 0.1) is 0 Å². The van der Waals surface area contributed by atoms with Crippen molar-refractivity contribution in [2.75, 3.05) is 0 Å². The molecule has 120 valence electrons. The Labute approximate surface area is 149 Å². The molecule has 0 atom stereocenters. The minimum absolute atomic E-state index is 0.526. The van der Waals surface area contributed by atoms with Gasteiger partial charge in [-0.1, -0.05) is 0 Å². The topological polar surface area (TPSA) is 116 Å². The number of hydrogen-bond donors (Lipinski definition) is 0. The molecule has 1 aliphatic heterocycles. The first kappa shape index (κ1) is 15.6. The van der Waals surface area contributed by atoms with Gasteiger partial charge < -0.3 is 0 Å². The molecule has 3 aromatic rings. The minimum Gasteiger partial charge on any atom is -0.207 e. The van der Waals surface area contributed by atoms with Gasteiger partial charge >= 0.3 is 0 Å². The van der Waals surface area contributed by atoms with Crippen LogP contribution >= 0.6 is 35.3 Å². The van der Waals surface area contributed by atoms with Gasteiger partial charge in [0.2, 0.25) is 0 Å². The molecule has 0 spiro atoms.